The fourth-order valence-corrected chi connectivity index (χ4v) is 7.47. The lowest BCUT2D eigenvalue weighted by Crippen LogP contribution is -2.56. The maximum Gasteiger partial charge on any atom is 0.255 e. The minimum Gasteiger partial charge on any atom is -0.507 e. The maximum absolute atomic E-state index is 14.6. The lowest BCUT2D eigenvalue weighted by atomic mass is 9.86. The zero-order chi connectivity index (χ0) is 46.9. The summed E-state index contributed by atoms with van der Waals surface area (Å²) in [5.41, 5.74) is 16.0. The van der Waals surface area contributed by atoms with Gasteiger partial charge < -0.3 is 47.5 Å². The van der Waals surface area contributed by atoms with Gasteiger partial charge in [0.05, 0.1) is 29.6 Å². The van der Waals surface area contributed by atoms with E-state index in [1.807, 2.05) is 30.3 Å². The number of likely N-dealkylation sites (N-methyl/N-ethyl adjacent to an activating group) is 1. The number of hydrogen-bond acceptors (Lipinski definition) is 12. The normalized spacial score (nSPS) is 16.8. The average molecular weight is 875 g/mol. The molecule has 0 saturated carbocycles. The molecule has 1 aliphatic heterocycles. The maximum atomic E-state index is 14.6. The van der Waals surface area contributed by atoms with Gasteiger partial charge in [0.1, 0.15) is 42.2 Å². The van der Waals surface area contributed by atoms with Gasteiger partial charge in [-0.2, -0.15) is 5.26 Å². The Bertz CT molecular complexity index is 2400. The number of aryl methyl sites for hydroxylation is 2. The Morgan fingerprint density at radius 3 is 2.28 bits per heavy atom. The van der Waals surface area contributed by atoms with E-state index >= 15 is 0 Å². The monoisotopic (exact) mass is 874 g/mol. The van der Waals surface area contributed by atoms with Crippen LogP contribution in [0.3, 0.4) is 0 Å². The molecule has 338 valence electrons. The number of fused-ring (bicyclic) bond motifs is 5. The zero-order valence-corrected chi connectivity index (χ0v) is 37.4. The predicted molar refractivity (Wildman–Crippen MR) is 241 cm³/mol. The number of phenolic OH excluding ortho intramolecular Hbond substituents is 1. The topological polar surface area (TPSA) is 268 Å². The van der Waals surface area contributed by atoms with Gasteiger partial charge in [-0.3, -0.25) is 24.0 Å². The molecule has 17 heteroatoms. The van der Waals surface area contributed by atoms with Crippen molar-refractivity contribution >= 4 is 29.5 Å². The molecule has 3 aromatic carbocycles. The molecule has 0 spiro atoms. The summed E-state index contributed by atoms with van der Waals surface area (Å²) < 4.78 is 6.08. The van der Waals surface area contributed by atoms with Gasteiger partial charge in [0, 0.05) is 30.2 Å². The van der Waals surface area contributed by atoms with E-state index in [0.29, 0.717) is 47.1 Å². The van der Waals surface area contributed by atoms with Gasteiger partial charge in [-0.25, -0.2) is 9.97 Å². The van der Waals surface area contributed by atoms with Crippen LogP contribution < -0.4 is 37.5 Å². The number of carbonyl (C=O) groups excluding carboxylic acids is 5. The Morgan fingerprint density at radius 2 is 1.66 bits per heavy atom. The predicted octanol–water partition coefficient (Wildman–Crippen LogP) is 2.99. The van der Waals surface area contributed by atoms with Crippen LogP contribution in [-0.2, 0) is 31.0 Å². The number of phenols is 1. The highest BCUT2D eigenvalue weighted by atomic mass is 16.5. The fraction of sp³-hybridized carbons (Fsp3) is 0.404. The van der Waals surface area contributed by atoms with Gasteiger partial charge in [0.25, 0.3) is 5.91 Å². The first-order valence-electron chi connectivity index (χ1n) is 21.2. The van der Waals surface area contributed by atoms with Crippen molar-refractivity contribution in [2.24, 2.45) is 11.5 Å². The highest BCUT2D eigenvalue weighted by molar-refractivity contribution is 6.00. The number of amides is 5. The standard InChI is InChI=1S/C47H58N10O7/c1-26-39(27(2)53-41(52-26)30-10-13-32(14-11-30)47(4,5)6)44(61)55-35(17-19-49)46(63)57(7)40-31-12-15-37(58)33(25-31)34-23-29(9-16-38(34)64-22-8-18-48)24-36(43(60)51-21-20-50)56-42(59)28(3)54-45(40)62/h9-16,23,25,28,35-36,40,58H,8,17-19,21-22,24,48-49H2,1-7H3,(H,51,60)(H,54,62)(H,55,61)(H,56,59)/t28-,35-,36-,40-/m0/s1. The molecule has 1 aromatic heterocycles. The molecule has 0 radical (unpaired) electrons. The van der Waals surface area contributed by atoms with Gasteiger partial charge >= 0.3 is 0 Å². The number of nitriles is 1. The molecule has 4 atom stereocenters. The van der Waals surface area contributed by atoms with Crippen LogP contribution in [0.5, 0.6) is 11.5 Å². The third-order valence-electron chi connectivity index (χ3n) is 11.0. The van der Waals surface area contributed by atoms with Crippen LogP contribution in [0, 0.1) is 25.2 Å². The Kier molecular flexibility index (Phi) is 15.8. The second kappa shape index (κ2) is 21.0. The molecule has 5 amide bonds. The van der Waals surface area contributed by atoms with Crippen molar-refractivity contribution in [2.45, 2.75) is 90.4 Å². The quantitative estimate of drug-likeness (QED) is 0.0755. The first-order valence-corrected chi connectivity index (χ1v) is 21.2. The van der Waals surface area contributed by atoms with Gasteiger partial charge in [-0.15, -0.1) is 0 Å². The van der Waals surface area contributed by atoms with E-state index in [4.69, 9.17) is 21.5 Å². The molecule has 64 heavy (non-hydrogen) atoms. The summed E-state index contributed by atoms with van der Waals surface area (Å²) in [4.78, 5) is 80.4. The number of aromatic nitrogens is 2. The summed E-state index contributed by atoms with van der Waals surface area (Å²) >= 11 is 0. The number of hydrogen-bond donors (Lipinski definition) is 7. The first kappa shape index (κ1) is 48.1. The van der Waals surface area contributed by atoms with Crippen molar-refractivity contribution in [3.63, 3.8) is 0 Å². The lowest BCUT2D eigenvalue weighted by molar-refractivity contribution is -0.141. The Balaban J connectivity index is 1.53. The van der Waals surface area contributed by atoms with E-state index in [2.05, 4.69) is 52.0 Å². The van der Waals surface area contributed by atoms with Crippen molar-refractivity contribution in [3.05, 3.63) is 94.3 Å². The van der Waals surface area contributed by atoms with E-state index in [1.54, 1.807) is 38.1 Å². The van der Waals surface area contributed by atoms with Crippen molar-refractivity contribution in [2.75, 3.05) is 33.3 Å². The van der Waals surface area contributed by atoms with E-state index in [-0.39, 0.29) is 60.4 Å². The van der Waals surface area contributed by atoms with Crippen molar-refractivity contribution in [1.29, 1.82) is 5.26 Å². The Morgan fingerprint density at radius 1 is 0.969 bits per heavy atom. The second-order valence-corrected chi connectivity index (χ2v) is 16.8. The molecule has 4 bridgehead atoms. The molecular weight excluding hydrogens is 817 g/mol. The second-order valence-electron chi connectivity index (χ2n) is 16.8. The summed E-state index contributed by atoms with van der Waals surface area (Å²) in [5, 5.41) is 31.1. The van der Waals surface area contributed by atoms with Crippen LogP contribution in [0.1, 0.15) is 85.0 Å². The molecule has 5 rings (SSSR count). The number of aromatic hydroxyl groups is 1. The van der Waals surface area contributed by atoms with Crippen molar-refractivity contribution in [3.8, 4) is 40.1 Å². The number of nitrogens with two attached hydrogens (primary N) is 2. The number of ether oxygens (including phenoxy) is 1. The summed E-state index contributed by atoms with van der Waals surface area (Å²) in [6.45, 7) is 11.5. The van der Waals surface area contributed by atoms with Crippen LogP contribution in [0.25, 0.3) is 22.5 Å². The van der Waals surface area contributed by atoms with Gasteiger partial charge in [-0.1, -0.05) is 57.2 Å². The molecule has 0 aliphatic carbocycles. The highest BCUT2D eigenvalue weighted by Gasteiger charge is 2.36. The van der Waals surface area contributed by atoms with E-state index in [9.17, 15) is 29.1 Å². The molecule has 17 nitrogen and oxygen atoms in total. The van der Waals surface area contributed by atoms with Crippen LogP contribution in [0.4, 0.5) is 0 Å². The molecule has 0 saturated heterocycles. The summed E-state index contributed by atoms with van der Waals surface area (Å²) in [5.74, 6) is -2.80. The fourth-order valence-electron chi connectivity index (χ4n) is 7.47. The van der Waals surface area contributed by atoms with E-state index < -0.39 is 53.7 Å². The van der Waals surface area contributed by atoms with E-state index in [0.717, 1.165) is 16.0 Å². The Hall–Kier alpha value is -6.90. The third-order valence-corrected chi connectivity index (χ3v) is 11.0. The zero-order valence-electron chi connectivity index (χ0n) is 37.4. The van der Waals surface area contributed by atoms with Crippen LogP contribution in [0.15, 0.2) is 60.7 Å². The minimum atomic E-state index is -1.43. The number of rotatable bonds is 13. The molecular formula is C47H58N10O7. The van der Waals surface area contributed by atoms with Gasteiger partial charge in [0.15, 0.2) is 5.82 Å². The van der Waals surface area contributed by atoms with Crippen LogP contribution >= 0.6 is 0 Å². The summed E-state index contributed by atoms with van der Waals surface area (Å²) in [6.07, 6.45) is 0.499. The summed E-state index contributed by atoms with van der Waals surface area (Å²) in [6, 6.07) is 14.2. The SMILES string of the molecule is Cc1nc(-c2ccc(C(C)(C)C)cc2)nc(C)c1C(=O)N[C@@H](CCN)C(=O)N(C)[C@@H]1C(=O)N[C@@H](C)C(=O)N[C@H](C(=O)NCC#N)Cc2ccc(OCCCN)c(c2)-c2cc1ccc2O. The highest BCUT2D eigenvalue weighted by Crippen LogP contribution is 2.39. The van der Waals surface area contributed by atoms with Gasteiger partial charge in [0.2, 0.25) is 23.6 Å². The van der Waals surface area contributed by atoms with Crippen LogP contribution in [0.2, 0.25) is 0 Å². The summed E-state index contributed by atoms with van der Waals surface area (Å²) in [7, 11) is 1.39. The molecule has 1 aliphatic rings. The van der Waals surface area contributed by atoms with Crippen LogP contribution in [-0.4, -0.2) is 101 Å². The Labute approximate surface area is 373 Å². The largest absolute Gasteiger partial charge is 0.507 e. The molecule has 9 N–H and O–H groups in total. The number of nitrogens with zero attached hydrogens (tertiary/aromatic N) is 4. The van der Waals surface area contributed by atoms with Crippen molar-refractivity contribution < 1.29 is 33.8 Å². The molecule has 4 aromatic rings. The molecule has 0 unspecified atom stereocenters. The number of nitrogens with one attached hydrogen (secondary N) is 4. The lowest BCUT2D eigenvalue weighted by Gasteiger charge is -2.32. The van der Waals surface area contributed by atoms with Crippen molar-refractivity contribution in [1.82, 2.24) is 36.1 Å². The molecule has 0 fully saturated rings. The smallest absolute Gasteiger partial charge is 0.255 e. The minimum absolute atomic E-state index is 0.00764. The average Bonchev–Trinajstić information content (AvgIpc) is 3.25. The van der Waals surface area contributed by atoms with E-state index in [1.165, 1.54) is 26.1 Å². The van der Waals surface area contributed by atoms with Gasteiger partial charge in [-0.05, 0) is 93.1 Å². The third kappa shape index (κ3) is 11.4. The number of benzene rings is 3. The molecule has 2 heterocycles. The number of carbonyl (C=O) groups is 5. The first-order chi connectivity index (χ1) is 30.4.